The molecule has 0 spiro atoms. The number of rotatable bonds is 3. The first-order valence-corrected chi connectivity index (χ1v) is 7.07. The van der Waals surface area contributed by atoms with Gasteiger partial charge in [-0.1, -0.05) is 15.9 Å². The molecule has 2 heterocycles. The van der Waals surface area contributed by atoms with Gasteiger partial charge < -0.3 is 0 Å². The van der Waals surface area contributed by atoms with Crippen LogP contribution >= 0.6 is 15.9 Å². The van der Waals surface area contributed by atoms with Gasteiger partial charge in [-0.3, -0.25) is 9.69 Å². The molecule has 0 N–H and O–H groups in total. The fourth-order valence-corrected chi connectivity index (χ4v) is 2.62. The van der Waals surface area contributed by atoms with Gasteiger partial charge in [-0.2, -0.15) is 5.10 Å². The number of halogens is 1. The maximum absolute atomic E-state index is 12.0. The van der Waals surface area contributed by atoms with E-state index in [1.54, 1.807) is 0 Å². The zero-order valence-corrected chi connectivity index (χ0v) is 12.1. The first-order valence-electron chi connectivity index (χ1n) is 5.95. The Kier molecular flexibility index (Phi) is 3.56. The van der Waals surface area contributed by atoms with Gasteiger partial charge in [0.25, 0.3) is 0 Å². The molecular weight excluding hydrogens is 282 g/mol. The average molecular weight is 300 g/mol. The van der Waals surface area contributed by atoms with Crippen LogP contribution in [0.25, 0.3) is 0 Å². The Balaban J connectivity index is 2.31. The second kappa shape index (κ2) is 4.80. The quantitative estimate of drug-likeness (QED) is 0.805. The van der Waals surface area contributed by atoms with E-state index in [1.165, 1.54) is 0 Å². The van der Waals surface area contributed by atoms with Crippen LogP contribution in [0.15, 0.2) is 6.07 Å². The van der Waals surface area contributed by atoms with E-state index in [9.17, 15) is 4.79 Å². The molecule has 2 rings (SSSR count). The lowest BCUT2D eigenvalue weighted by molar-refractivity contribution is -0.117. The highest BCUT2D eigenvalue weighted by molar-refractivity contribution is 9.09. The summed E-state index contributed by atoms with van der Waals surface area (Å²) >= 11 is 3.46. The third-order valence-electron chi connectivity index (χ3n) is 3.03. The molecule has 0 bridgehead atoms. The highest BCUT2D eigenvalue weighted by Crippen LogP contribution is 2.28. The van der Waals surface area contributed by atoms with Crippen LogP contribution < -0.4 is 4.90 Å². The first kappa shape index (κ1) is 12.6. The molecule has 1 aromatic rings. The van der Waals surface area contributed by atoms with Gasteiger partial charge in [0.1, 0.15) is 5.82 Å². The Bertz CT molecular complexity index is 427. The van der Waals surface area contributed by atoms with Gasteiger partial charge in [0.05, 0.1) is 5.69 Å². The van der Waals surface area contributed by atoms with Crippen LogP contribution in [0, 0.1) is 12.8 Å². The van der Waals surface area contributed by atoms with Gasteiger partial charge in [0, 0.05) is 30.4 Å². The minimum atomic E-state index is 0.205. The molecule has 0 aromatic carbocycles. The van der Waals surface area contributed by atoms with Crippen molar-refractivity contribution < 1.29 is 4.79 Å². The Morgan fingerprint density at radius 1 is 1.59 bits per heavy atom. The number of carbonyl (C=O) groups is 1. The van der Waals surface area contributed by atoms with E-state index in [0.29, 0.717) is 12.3 Å². The lowest BCUT2D eigenvalue weighted by atomic mass is 10.2. The molecule has 17 heavy (non-hydrogen) atoms. The van der Waals surface area contributed by atoms with Crippen molar-refractivity contribution in [3.8, 4) is 0 Å². The van der Waals surface area contributed by atoms with Crippen molar-refractivity contribution in [2.45, 2.75) is 33.2 Å². The molecule has 0 radical (unpaired) electrons. The number of hydrogen-bond acceptors (Lipinski definition) is 2. The molecule has 1 saturated heterocycles. The van der Waals surface area contributed by atoms with Crippen molar-refractivity contribution in [3.63, 3.8) is 0 Å². The highest BCUT2D eigenvalue weighted by atomic mass is 79.9. The third-order valence-corrected chi connectivity index (χ3v) is 3.94. The molecule has 0 aliphatic carbocycles. The van der Waals surface area contributed by atoms with Gasteiger partial charge >= 0.3 is 0 Å². The molecular formula is C12H18BrN3O. The van der Waals surface area contributed by atoms with Crippen molar-refractivity contribution in [1.82, 2.24) is 9.78 Å². The zero-order valence-electron chi connectivity index (χ0n) is 10.5. The second-order valence-corrected chi connectivity index (χ2v) is 5.56. The van der Waals surface area contributed by atoms with Gasteiger partial charge in [0.2, 0.25) is 5.91 Å². The minimum absolute atomic E-state index is 0.205. The van der Waals surface area contributed by atoms with Crippen LogP contribution in [0.4, 0.5) is 5.82 Å². The smallest absolute Gasteiger partial charge is 0.228 e. The molecule has 0 saturated carbocycles. The summed E-state index contributed by atoms with van der Waals surface area (Å²) in [6.45, 7) is 6.92. The Morgan fingerprint density at radius 2 is 2.29 bits per heavy atom. The van der Waals surface area contributed by atoms with Gasteiger partial charge in [-0.15, -0.1) is 0 Å². The lowest BCUT2D eigenvalue weighted by Crippen LogP contribution is -2.28. The van der Waals surface area contributed by atoms with Gasteiger partial charge in [-0.25, -0.2) is 4.68 Å². The zero-order chi connectivity index (χ0) is 12.6. The van der Waals surface area contributed by atoms with Crippen LogP contribution in [0.3, 0.4) is 0 Å². The predicted octanol–water partition coefficient (Wildman–Crippen LogP) is 2.52. The van der Waals surface area contributed by atoms with E-state index >= 15 is 0 Å². The summed E-state index contributed by atoms with van der Waals surface area (Å²) in [5.74, 6) is 1.56. The number of alkyl halides is 1. The lowest BCUT2D eigenvalue weighted by Gasteiger charge is -2.19. The molecule has 1 aliphatic heterocycles. The SMILES string of the molecule is Cc1cc(N2CC(CBr)CC2=O)n(C(C)C)n1. The molecule has 1 fully saturated rings. The highest BCUT2D eigenvalue weighted by Gasteiger charge is 2.32. The normalized spacial score (nSPS) is 20.6. The molecule has 4 nitrogen and oxygen atoms in total. The van der Waals surface area contributed by atoms with E-state index in [0.717, 1.165) is 23.4 Å². The van der Waals surface area contributed by atoms with E-state index in [-0.39, 0.29) is 11.9 Å². The fourth-order valence-electron chi connectivity index (χ4n) is 2.19. The van der Waals surface area contributed by atoms with E-state index in [1.807, 2.05) is 22.6 Å². The number of carbonyl (C=O) groups excluding carboxylic acids is 1. The van der Waals surface area contributed by atoms with Crippen LogP contribution in [0.2, 0.25) is 0 Å². The monoisotopic (exact) mass is 299 g/mol. The Morgan fingerprint density at radius 3 is 2.82 bits per heavy atom. The molecule has 1 amide bonds. The van der Waals surface area contributed by atoms with Crippen LogP contribution in [0.5, 0.6) is 0 Å². The van der Waals surface area contributed by atoms with Crippen LogP contribution in [0.1, 0.15) is 32.0 Å². The summed E-state index contributed by atoms with van der Waals surface area (Å²) in [6.07, 6.45) is 0.633. The minimum Gasteiger partial charge on any atom is -0.297 e. The van der Waals surface area contributed by atoms with Crippen molar-refractivity contribution in [1.29, 1.82) is 0 Å². The van der Waals surface area contributed by atoms with E-state index in [4.69, 9.17) is 0 Å². The van der Waals surface area contributed by atoms with Crippen LogP contribution in [-0.2, 0) is 4.79 Å². The van der Waals surface area contributed by atoms with Crippen molar-refractivity contribution in [2.75, 3.05) is 16.8 Å². The third kappa shape index (κ3) is 2.39. The number of nitrogens with zero attached hydrogens (tertiary/aromatic N) is 3. The molecule has 5 heteroatoms. The molecule has 94 valence electrons. The fraction of sp³-hybridized carbons (Fsp3) is 0.667. The standard InChI is InChI=1S/C12H18BrN3O/c1-8(2)16-11(4-9(3)14-16)15-7-10(6-13)5-12(15)17/h4,8,10H,5-7H2,1-3H3. The number of hydrogen-bond donors (Lipinski definition) is 0. The molecule has 1 atom stereocenters. The average Bonchev–Trinajstić information content (AvgIpc) is 2.81. The predicted molar refractivity (Wildman–Crippen MR) is 71.6 cm³/mol. The topological polar surface area (TPSA) is 38.1 Å². The summed E-state index contributed by atoms with van der Waals surface area (Å²) in [5.41, 5.74) is 0.962. The number of aromatic nitrogens is 2. The van der Waals surface area contributed by atoms with Gasteiger partial charge in [0.15, 0.2) is 0 Å². The summed E-state index contributed by atoms with van der Waals surface area (Å²) in [4.78, 5) is 13.9. The number of amides is 1. The van der Waals surface area contributed by atoms with Crippen molar-refractivity contribution >= 4 is 27.7 Å². The summed E-state index contributed by atoms with van der Waals surface area (Å²) in [7, 11) is 0. The maximum Gasteiger partial charge on any atom is 0.228 e. The molecule has 1 aliphatic rings. The summed E-state index contributed by atoms with van der Waals surface area (Å²) in [6, 6.07) is 2.27. The van der Waals surface area contributed by atoms with Crippen LogP contribution in [-0.4, -0.2) is 27.6 Å². The van der Waals surface area contributed by atoms with Crippen molar-refractivity contribution in [3.05, 3.63) is 11.8 Å². The summed E-state index contributed by atoms with van der Waals surface area (Å²) in [5, 5.41) is 5.33. The maximum atomic E-state index is 12.0. The first-order chi connectivity index (χ1) is 8.02. The second-order valence-electron chi connectivity index (χ2n) is 4.91. The Labute approximate surface area is 110 Å². The number of anilines is 1. The summed E-state index contributed by atoms with van der Waals surface area (Å²) < 4.78 is 1.93. The van der Waals surface area contributed by atoms with Gasteiger partial charge in [-0.05, 0) is 26.7 Å². The number of aryl methyl sites for hydroxylation is 1. The largest absolute Gasteiger partial charge is 0.297 e. The van der Waals surface area contributed by atoms with E-state index < -0.39 is 0 Å². The Hall–Kier alpha value is -0.840. The molecule has 1 unspecified atom stereocenters. The molecule has 1 aromatic heterocycles. The van der Waals surface area contributed by atoms with Crippen molar-refractivity contribution in [2.24, 2.45) is 5.92 Å². The van der Waals surface area contributed by atoms with E-state index in [2.05, 4.69) is 34.9 Å².